The number of piperazine rings is 1. The molecule has 10 nitrogen and oxygen atoms in total. The maximum absolute atomic E-state index is 15.0. The number of ketones is 1. The average Bonchev–Trinajstić information content (AvgIpc) is 3.68. The Morgan fingerprint density at radius 1 is 0.837 bits per heavy atom. The lowest BCUT2D eigenvalue weighted by molar-refractivity contribution is -0.127. The molecule has 0 aliphatic carbocycles. The highest BCUT2D eigenvalue weighted by Gasteiger charge is 2.31. The molecule has 3 amide bonds. The smallest absolute Gasteiger partial charge is 0.408 e. The van der Waals surface area contributed by atoms with Crippen LogP contribution in [0.1, 0.15) is 26.3 Å². The van der Waals surface area contributed by atoms with E-state index in [9.17, 15) is 23.6 Å². The fourth-order valence-electron chi connectivity index (χ4n) is 5.35. The van der Waals surface area contributed by atoms with Crippen LogP contribution in [0.4, 0.5) is 9.18 Å². The Labute approximate surface area is 245 Å². The molecule has 11 heteroatoms. The van der Waals surface area contributed by atoms with Crippen LogP contribution in [0.25, 0.3) is 21.8 Å². The maximum atomic E-state index is 15.0. The quantitative estimate of drug-likeness (QED) is 0.195. The van der Waals surface area contributed by atoms with Crippen molar-refractivity contribution in [2.75, 3.05) is 32.7 Å². The highest BCUT2D eigenvalue weighted by Crippen LogP contribution is 2.31. The summed E-state index contributed by atoms with van der Waals surface area (Å²) < 4.78 is 20.4. The summed E-state index contributed by atoms with van der Waals surface area (Å²) in [6.07, 6.45) is 2.96. The zero-order chi connectivity index (χ0) is 29.9. The number of aromatic amines is 2. The minimum Gasteiger partial charge on any atom is -0.408 e. The van der Waals surface area contributed by atoms with Gasteiger partial charge in [0.15, 0.2) is 5.75 Å². The van der Waals surface area contributed by atoms with E-state index in [0.29, 0.717) is 18.5 Å². The van der Waals surface area contributed by atoms with E-state index in [2.05, 4.69) is 15.3 Å². The van der Waals surface area contributed by atoms with Crippen LogP contribution in [0.15, 0.2) is 79.1 Å². The van der Waals surface area contributed by atoms with Gasteiger partial charge >= 0.3 is 6.09 Å². The number of Topliss-reactive ketones (excluding diaryl/α,β-unsaturated/α-hetero) is 1. The molecule has 6 rings (SSSR count). The summed E-state index contributed by atoms with van der Waals surface area (Å²) in [5.41, 5.74) is 2.52. The minimum absolute atomic E-state index is 0.0144. The van der Waals surface area contributed by atoms with Crippen LogP contribution >= 0.6 is 0 Å². The van der Waals surface area contributed by atoms with Crippen molar-refractivity contribution in [3.63, 3.8) is 0 Å². The fourth-order valence-corrected chi connectivity index (χ4v) is 5.35. The molecule has 0 unspecified atom stereocenters. The minimum atomic E-state index is -0.895. The van der Waals surface area contributed by atoms with Gasteiger partial charge in [0.05, 0.1) is 16.5 Å². The summed E-state index contributed by atoms with van der Waals surface area (Å²) in [7, 11) is 0. The van der Waals surface area contributed by atoms with Crippen molar-refractivity contribution in [2.45, 2.75) is 6.42 Å². The largest absolute Gasteiger partial charge is 0.412 e. The molecule has 2 aromatic heterocycles. The summed E-state index contributed by atoms with van der Waals surface area (Å²) in [5.74, 6) is -2.56. The number of halogens is 1. The Morgan fingerprint density at radius 3 is 2.35 bits per heavy atom. The van der Waals surface area contributed by atoms with E-state index in [0.717, 1.165) is 22.5 Å². The Hall–Kier alpha value is -5.45. The zero-order valence-corrected chi connectivity index (χ0v) is 23.1. The lowest BCUT2D eigenvalue weighted by Crippen LogP contribution is -2.52. The molecule has 3 aromatic carbocycles. The summed E-state index contributed by atoms with van der Waals surface area (Å²) >= 11 is 0. The third kappa shape index (κ3) is 5.56. The van der Waals surface area contributed by atoms with Crippen molar-refractivity contribution >= 4 is 45.5 Å². The van der Waals surface area contributed by atoms with E-state index in [4.69, 9.17) is 4.74 Å². The van der Waals surface area contributed by atoms with Crippen LogP contribution in [-0.4, -0.2) is 76.2 Å². The van der Waals surface area contributed by atoms with Crippen LogP contribution in [0.2, 0.25) is 0 Å². The van der Waals surface area contributed by atoms with E-state index in [1.165, 1.54) is 17.2 Å². The molecule has 1 aliphatic rings. The van der Waals surface area contributed by atoms with Gasteiger partial charge in [0.25, 0.3) is 17.6 Å². The third-order valence-electron chi connectivity index (χ3n) is 7.60. The Bertz CT molecular complexity index is 1840. The number of nitrogens with zero attached hydrogens (tertiary/aromatic N) is 2. The molecule has 0 bridgehead atoms. The second-order valence-corrected chi connectivity index (χ2v) is 10.2. The number of hydrogen-bond donors (Lipinski definition) is 3. The van der Waals surface area contributed by atoms with Crippen molar-refractivity contribution in [3.05, 3.63) is 102 Å². The number of para-hydroxylation sites is 1. The predicted molar refractivity (Wildman–Crippen MR) is 158 cm³/mol. The SMILES string of the molecule is O=C(NCCc1c[nH]c2ccccc12)Oc1ccc(F)c2c(C(=O)C(=O)N3CCN(C(=O)c4ccccc4)CC3)c[nH]c12. The number of rotatable bonds is 7. The average molecular weight is 582 g/mol. The number of carbonyl (C=O) groups is 4. The van der Waals surface area contributed by atoms with Gasteiger partial charge in [-0.3, -0.25) is 14.4 Å². The molecule has 1 saturated heterocycles. The van der Waals surface area contributed by atoms with Gasteiger partial charge in [0.2, 0.25) is 0 Å². The summed E-state index contributed by atoms with van der Waals surface area (Å²) in [6.45, 7) is 1.17. The second-order valence-electron chi connectivity index (χ2n) is 10.2. The Kier molecular flexibility index (Phi) is 7.61. The first kappa shape index (κ1) is 27.7. The Morgan fingerprint density at radius 2 is 1.56 bits per heavy atom. The van der Waals surface area contributed by atoms with Crippen molar-refractivity contribution < 1.29 is 28.3 Å². The van der Waals surface area contributed by atoms with Gasteiger partial charge in [-0.05, 0) is 42.3 Å². The summed E-state index contributed by atoms with van der Waals surface area (Å²) in [5, 5.41) is 3.62. The van der Waals surface area contributed by atoms with E-state index >= 15 is 0 Å². The number of ether oxygens (including phenoxy) is 1. The van der Waals surface area contributed by atoms with Crippen LogP contribution in [-0.2, 0) is 11.2 Å². The number of fused-ring (bicyclic) bond motifs is 2. The fraction of sp³-hybridized carbons (Fsp3) is 0.188. The van der Waals surface area contributed by atoms with Gasteiger partial charge in [-0.1, -0.05) is 36.4 Å². The summed E-state index contributed by atoms with van der Waals surface area (Å²) in [6, 6.07) is 19.0. The van der Waals surface area contributed by atoms with Crippen molar-refractivity contribution in [3.8, 4) is 5.75 Å². The number of H-pyrrole nitrogens is 2. The molecule has 0 spiro atoms. The Balaban J connectivity index is 1.09. The van der Waals surface area contributed by atoms with Crippen molar-refractivity contribution in [1.29, 1.82) is 0 Å². The molecule has 3 N–H and O–H groups in total. The number of aromatic nitrogens is 2. The molecular weight excluding hydrogens is 553 g/mol. The topological polar surface area (TPSA) is 128 Å². The lowest BCUT2D eigenvalue weighted by Gasteiger charge is -2.34. The first-order valence-electron chi connectivity index (χ1n) is 13.9. The first-order chi connectivity index (χ1) is 20.9. The molecule has 218 valence electrons. The van der Waals surface area contributed by atoms with Gasteiger partial charge in [-0.2, -0.15) is 0 Å². The molecule has 43 heavy (non-hydrogen) atoms. The number of amides is 3. The highest BCUT2D eigenvalue weighted by atomic mass is 19.1. The van der Waals surface area contributed by atoms with Gasteiger partial charge < -0.3 is 29.8 Å². The van der Waals surface area contributed by atoms with Crippen molar-refractivity contribution in [1.82, 2.24) is 25.1 Å². The summed E-state index contributed by atoms with van der Waals surface area (Å²) in [4.78, 5) is 60.5. The van der Waals surface area contributed by atoms with Crippen LogP contribution in [0.5, 0.6) is 5.75 Å². The third-order valence-corrected chi connectivity index (χ3v) is 7.60. The van der Waals surface area contributed by atoms with Crippen LogP contribution < -0.4 is 10.1 Å². The zero-order valence-electron chi connectivity index (χ0n) is 23.1. The van der Waals surface area contributed by atoms with Crippen LogP contribution in [0, 0.1) is 5.82 Å². The van der Waals surface area contributed by atoms with Gasteiger partial charge in [0, 0.05) is 61.6 Å². The molecule has 0 atom stereocenters. The molecule has 0 radical (unpaired) electrons. The van der Waals surface area contributed by atoms with E-state index in [1.807, 2.05) is 36.5 Å². The van der Waals surface area contributed by atoms with E-state index in [-0.39, 0.29) is 54.3 Å². The number of nitrogens with one attached hydrogen (secondary N) is 3. The molecule has 3 heterocycles. The second kappa shape index (κ2) is 11.8. The maximum Gasteiger partial charge on any atom is 0.412 e. The first-order valence-corrected chi connectivity index (χ1v) is 13.9. The molecule has 0 saturated carbocycles. The van der Waals surface area contributed by atoms with Gasteiger partial charge in [0.1, 0.15) is 5.82 Å². The van der Waals surface area contributed by atoms with Gasteiger partial charge in [-0.25, -0.2) is 9.18 Å². The van der Waals surface area contributed by atoms with Gasteiger partial charge in [-0.15, -0.1) is 0 Å². The highest BCUT2D eigenvalue weighted by molar-refractivity contribution is 6.45. The predicted octanol–water partition coefficient (Wildman–Crippen LogP) is 4.29. The standard InChI is InChI=1S/C32H28FN5O5/c33-24-10-11-26(43-32(42)34-13-12-21-18-35-25-9-5-4-8-22(21)25)28-27(24)23(19-36-28)29(39)31(41)38-16-14-37(15-17-38)30(40)20-6-2-1-3-7-20/h1-11,18-19,35-36H,12-17H2,(H,34,42). The molecule has 1 fully saturated rings. The molecule has 5 aromatic rings. The van der Waals surface area contributed by atoms with Crippen molar-refractivity contribution in [2.24, 2.45) is 0 Å². The number of hydrogen-bond acceptors (Lipinski definition) is 5. The number of carbonyl (C=O) groups excluding carboxylic acids is 4. The monoisotopic (exact) mass is 581 g/mol. The van der Waals surface area contributed by atoms with E-state index < -0.39 is 23.6 Å². The molecular formula is C32H28FN5O5. The normalized spacial score (nSPS) is 13.3. The number of benzene rings is 3. The molecule has 1 aliphatic heterocycles. The lowest BCUT2D eigenvalue weighted by atomic mass is 10.1. The van der Waals surface area contributed by atoms with Crippen LogP contribution in [0.3, 0.4) is 0 Å². The van der Waals surface area contributed by atoms with E-state index in [1.54, 1.807) is 29.2 Å².